The molecule has 0 fully saturated rings. The van der Waals surface area contributed by atoms with Gasteiger partial charge in [-0.05, 0) is 55.7 Å². The van der Waals surface area contributed by atoms with Gasteiger partial charge in [0, 0.05) is 11.1 Å². The molecule has 0 radical (unpaired) electrons. The van der Waals surface area contributed by atoms with E-state index in [0.717, 1.165) is 35.8 Å². The van der Waals surface area contributed by atoms with Gasteiger partial charge in [-0.3, -0.25) is 4.58 Å². The zero-order chi connectivity index (χ0) is 17.1. The summed E-state index contributed by atoms with van der Waals surface area (Å²) in [7, 11) is 2.14. The van der Waals surface area contributed by atoms with Crippen molar-refractivity contribution in [2.75, 3.05) is 25.0 Å². The SMILES string of the molecule is C[N+]1=C(c2ccc(Cl)cc2)N(c2ccc(Cl)c(Cl)c2)CCCCC1. The summed E-state index contributed by atoms with van der Waals surface area (Å²) in [4.78, 5) is 2.32. The summed E-state index contributed by atoms with van der Waals surface area (Å²) in [6.07, 6.45) is 3.56. The molecule has 0 aliphatic carbocycles. The zero-order valence-electron chi connectivity index (χ0n) is 13.6. The Hall–Kier alpha value is -1.22. The molecule has 0 spiro atoms. The maximum atomic E-state index is 6.26. The van der Waals surface area contributed by atoms with Crippen LogP contribution in [0.15, 0.2) is 42.5 Å². The lowest BCUT2D eigenvalue weighted by Crippen LogP contribution is -2.40. The maximum absolute atomic E-state index is 6.26. The Labute approximate surface area is 158 Å². The summed E-state index contributed by atoms with van der Waals surface area (Å²) < 4.78 is 2.31. The number of nitrogens with zero attached hydrogens (tertiary/aromatic N) is 2. The Morgan fingerprint density at radius 3 is 2.33 bits per heavy atom. The van der Waals surface area contributed by atoms with E-state index >= 15 is 0 Å². The Morgan fingerprint density at radius 2 is 1.62 bits per heavy atom. The van der Waals surface area contributed by atoms with Gasteiger partial charge in [0.25, 0.3) is 5.84 Å². The lowest BCUT2D eigenvalue weighted by Gasteiger charge is -2.24. The fourth-order valence-corrected chi connectivity index (χ4v) is 3.51. The molecule has 0 unspecified atom stereocenters. The van der Waals surface area contributed by atoms with E-state index in [1.807, 2.05) is 30.3 Å². The van der Waals surface area contributed by atoms with Gasteiger partial charge in [-0.2, -0.15) is 0 Å². The number of halogens is 3. The van der Waals surface area contributed by atoms with E-state index in [4.69, 9.17) is 34.8 Å². The number of rotatable bonds is 2. The van der Waals surface area contributed by atoms with Crippen LogP contribution in [0, 0.1) is 0 Å². The molecule has 0 saturated carbocycles. The van der Waals surface area contributed by atoms with Gasteiger partial charge in [-0.1, -0.05) is 34.8 Å². The third kappa shape index (κ3) is 3.88. The molecule has 0 amide bonds. The largest absolute Gasteiger partial charge is 0.284 e. The van der Waals surface area contributed by atoms with E-state index in [1.54, 1.807) is 0 Å². The molecule has 2 aromatic carbocycles. The van der Waals surface area contributed by atoms with Crippen LogP contribution in [0.1, 0.15) is 24.8 Å². The van der Waals surface area contributed by atoms with Crippen molar-refractivity contribution < 1.29 is 4.58 Å². The Bertz CT molecular complexity index is 754. The average Bonchev–Trinajstić information content (AvgIpc) is 2.55. The summed E-state index contributed by atoms with van der Waals surface area (Å²) in [5.74, 6) is 1.17. The van der Waals surface area contributed by atoms with Gasteiger partial charge in [-0.25, -0.2) is 4.90 Å². The highest BCUT2D eigenvalue weighted by atomic mass is 35.5. The highest BCUT2D eigenvalue weighted by Crippen LogP contribution is 2.29. The van der Waals surface area contributed by atoms with Crippen LogP contribution in [0.2, 0.25) is 15.1 Å². The van der Waals surface area contributed by atoms with Crippen LogP contribution in [0.25, 0.3) is 0 Å². The first-order valence-corrected chi connectivity index (χ1v) is 9.26. The summed E-state index contributed by atoms with van der Waals surface area (Å²) >= 11 is 18.4. The van der Waals surface area contributed by atoms with Crippen molar-refractivity contribution in [1.82, 2.24) is 0 Å². The highest BCUT2D eigenvalue weighted by Gasteiger charge is 2.27. The molecule has 24 heavy (non-hydrogen) atoms. The maximum Gasteiger partial charge on any atom is 0.284 e. The topological polar surface area (TPSA) is 6.25 Å². The quantitative estimate of drug-likeness (QED) is 0.601. The van der Waals surface area contributed by atoms with Gasteiger partial charge >= 0.3 is 0 Å². The van der Waals surface area contributed by atoms with Crippen molar-refractivity contribution >= 4 is 46.3 Å². The number of anilines is 1. The van der Waals surface area contributed by atoms with Crippen molar-refractivity contribution in [3.05, 3.63) is 63.1 Å². The number of hydrogen-bond acceptors (Lipinski definition) is 1. The summed E-state index contributed by atoms with van der Waals surface area (Å²) in [5.41, 5.74) is 2.21. The minimum absolute atomic E-state index is 0.578. The second-order valence-electron chi connectivity index (χ2n) is 6.06. The van der Waals surface area contributed by atoms with Crippen molar-refractivity contribution in [2.45, 2.75) is 19.3 Å². The third-order valence-electron chi connectivity index (χ3n) is 4.31. The first-order chi connectivity index (χ1) is 11.6. The Kier molecular flexibility index (Phi) is 5.70. The highest BCUT2D eigenvalue weighted by molar-refractivity contribution is 6.42. The molecule has 3 rings (SSSR count). The van der Waals surface area contributed by atoms with E-state index in [-0.39, 0.29) is 0 Å². The van der Waals surface area contributed by atoms with Crippen molar-refractivity contribution in [3.8, 4) is 0 Å². The molecule has 5 heteroatoms. The molecule has 126 valence electrons. The predicted octanol–water partition coefficient (Wildman–Crippen LogP) is 5.73. The van der Waals surface area contributed by atoms with Gasteiger partial charge in [-0.15, -0.1) is 0 Å². The van der Waals surface area contributed by atoms with Crippen LogP contribution < -0.4 is 4.90 Å². The lowest BCUT2D eigenvalue weighted by molar-refractivity contribution is -0.498. The van der Waals surface area contributed by atoms with Crippen LogP contribution in [-0.2, 0) is 0 Å². The minimum atomic E-state index is 0.578. The van der Waals surface area contributed by atoms with E-state index in [1.165, 1.54) is 18.7 Å². The van der Waals surface area contributed by atoms with Crippen molar-refractivity contribution in [2.24, 2.45) is 0 Å². The van der Waals surface area contributed by atoms with Gasteiger partial charge in [0.1, 0.15) is 5.69 Å². The summed E-state index contributed by atoms with van der Waals surface area (Å²) in [5, 5.41) is 1.90. The number of hydrogen-bond donors (Lipinski definition) is 0. The predicted molar refractivity (Wildman–Crippen MR) is 104 cm³/mol. The van der Waals surface area contributed by atoms with E-state index in [9.17, 15) is 0 Å². The fourth-order valence-electron chi connectivity index (χ4n) is 3.09. The first kappa shape index (κ1) is 17.6. The minimum Gasteiger partial charge on any atom is -0.264 e. The van der Waals surface area contributed by atoms with Crippen LogP contribution in [0.5, 0.6) is 0 Å². The normalized spacial score (nSPS) is 16.1. The molecule has 1 heterocycles. The number of benzene rings is 2. The van der Waals surface area contributed by atoms with Crippen LogP contribution in [-0.4, -0.2) is 30.5 Å². The lowest BCUT2D eigenvalue weighted by atomic mass is 10.1. The Morgan fingerprint density at radius 1 is 0.875 bits per heavy atom. The van der Waals surface area contributed by atoms with Gasteiger partial charge in [0.05, 0.1) is 35.7 Å². The molecular formula is C19H20Cl3N2+. The van der Waals surface area contributed by atoms with Gasteiger partial charge in [0.2, 0.25) is 0 Å². The van der Waals surface area contributed by atoms with E-state index < -0.39 is 0 Å². The van der Waals surface area contributed by atoms with Crippen LogP contribution in [0.3, 0.4) is 0 Å². The molecule has 0 saturated heterocycles. The monoisotopic (exact) mass is 381 g/mol. The van der Waals surface area contributed by atoms with Gasteiger partial charge < -0.3 is 0 Å². The fraction of sp³-hybridized carbons (Fsp3) is 0.316. The Balaban J connectivity index is 2.10. The first-order valence-electron chi connectivity index (χ1n) is 8.13. The molecule has 2 nitrogen and oxygen atoms in total. The molecule has 0 bridgehead atoms. The van der Waals surface area contributed by atoms with Crippen LogP contribution >= 0.6 is 34.8 Å². The molecule has 0 aromatic heterocycles. The van der Waals surface area contributed by atoms with E-state index in [0.29, 0.717) is 10.0 Å². The van der Waals surface area contributed by atoms with Gasteiger partial charge in [0.15, 0.2) is 0 Å². The molecule has 0 N–H and O–H groups in total. The average molecular weight is 383 g/mol. The zero-order valence-corrected chi connectivity index (χ0v) is 15.9. The standard InChI is InChI=1S/C19H20Cl3N2/c1-23-11-3-2-4-12-24(16-9-10-17(21)18(22)13-16)19(23)14-5-7-15(20)8-6-14/h5-10,13H,2-4,11-12H2,1H3/q+1. The molecule has 2 aromatic rings. The van der Waals surface area contributed by atoms with E-state index in [2.05, 4.69) is 28.7 Å². The molecule has 1 aliphatic rings. The number of amidine groups is 1. The smallest absolute Gasteiger partial charge is 0.264 e. The summed E-state index contributed by atoms with van der Waals surface area (Å²) in [6, 6.07) is 13.8. The molecule has 1 aliphatic heterocycles. The second kappa shape index (κ2) is 7.77. The third-order valence-corrected chi connectivity index (χ3v) is 5.30. The molecular weight excluding hydrogens is 363 g/mol. The second-order valence-corrected chi connectivity index (χ2v) is 7.31. The summed E-state index contributed by atoms with van der Waals surface area (Å²) in [6.45, 7) is 1.97. The van der Waals surface area contributed by atoms with Crippen molar-refractivity contribution in [3.63, 3.8) is 0 Å². The van der Waals surface area contributed by atoms with Crippen molar-refractivity contribution in [1.29, 1.82) is 0 Å². The van der Waals surface area contributed by atoms with Crippen LogP contribution in [0.4, 0.5) is 5.69 Å². The molecule has 0 atom stereocenters.